The van der Waals surface area contributed by atoms with Crippen LogP contribution in [-0.4, -0.2) is 37.0 Å². The van der Waals surface area contributed by atoms with Crippen molar-refractivity contribution >= 4 is 15.7 Å². The van der Waals surface area contributed by atoms with Crippen LogP contribution in [0.5, 0.6) is 0 Å². The first-order valence-electron chi connectivity index (χ1n) is 6.64. The second-order valence-corrected chi connectivity index (χ2v) is 6.85. The van der Waals surface area contributed by atoms with E-state index in [0.29, 0.717) is 19.4 Å². The molecule has 20 heavy (non-hydrogen) atoms. The highest BCUT2D eigenvalue weighted by atomic mass is 32.2. The second-order valence-electron chi connectivity index (χ2n) is 4.99. The molecule has 0 aliphatic carbocycles. The molecule has 0 bridgehead atoms. The molecule has 1 heterocycles. The van der Waals surface area contributed by atoms with E-state index < -0.39 is 26.8 Å². The smallest absolute Gasteiger partial charge is 0.246 e. The molecule has 2 rings (SSSR count). The number of aliphatic hydroxyl groups is 1. The number of aliphatic hydroxyl groups excluding tert-OH is 1. The minimum absolute atomic E-state index is 0.195. The first-order chi connectivity index (χ1) is 9.46. The van der Waals surface area contributed by atoms with Crippen molar-refractivity contribution in [1.29, 1.82) is 0 Å². The topological polar surface area (TPSA) is 83.6 Å². The molecule has 1 aromatic rings. The van der Waals surface area contributed by atoms with Crippen LogP contribution in [0.15, 0.2) is 23.1 Å². The molecule has 0 aromatic heterocycles. The van der Waals surface area contributed by atoms with Gasteiger partial charge in [0.05, 0.1) is 6.61 Å². The van der Waals surface area contributed by atoms with E-state index >= 15 is 0 Å². The van der Waals surface area contributed by atoms with Crippen LogP contribution in [0.2, 0.25) is 0 Å². The lowest BCUT2D eigenvalue weighted by Gasteiger charge is -2.27. The Balaban J connectivity index is 2.44. The van der Waals surface area contributed by atoms with Gasteiger partial charge in [0, 0.05) is 18.3 Å². The fraction of sp³-hybridized carbons (Fsp3) is 0.538. The summed E-state index contributed by atoms with van der Waals surface area (Å²) in [5, 5.41) is 9.40. The normalized spacial score (nSPS) is 21.6. The van der Waals surface area contributed by atoms with Crippen LogP contribution in [0.4, 0.5) is 10.1 Å². The molecule has 0 radical (unpaired) electrons. The molecule has 1 aromatic carbocycles. The van der Waals surface area contributed by atoms with E-state index in [-0.39, 0.29) is 12.3 Å². The Bertz CT molecular complexity index is 577. The highest BCUT2D eigenvalue weighted by Crippen LogP contribution is 2.27. The molecule has 1 fully saturated rings. The molecule has 3 N–H and O–H groups in total. The van der Waals surface area contributed by atoms with E-state index in [1.54, 1.807) is 0 Å². The minimum atomic E-state index is -3.98. The molecule has 5 nitrogen and oxygen atoms in total. The Morgan fingerprint density at radius 1 is 1.35 bits per heavy atom. The number of benzene rings is 1. The largest absolute Gasteiger partial charge is 0.399 e. The van der Waals surface area contributed by atoms with Crippen molar-refractivity contribution in [3.8, 4) is 0 Å². The molecule has 1 atom stereocenters. The number of hydrogen-bond donors (Lipinski definition) is 2. The summed E-state index contributed by atoms with van der Waals surface area (Å²) >= 11 is 0. The van der Waals surface area contributed by atoms with E-state index in [1.807, 2.05) is 0 Å². The average Bonchev–Trinajstić information content (AvgIpc) is 2.66. The van der Waals surface area contributed by atoms with Crippen LogP contribution in [0.3, 0.4) is 0 Å². The molecule has 1 aliphatic heterocycles. The lowest BCUT2D eigenvalue weighted by atomic mass is 10.1. The Kier molecular flexibility index (Phi) is 4.62. The zero-order valence-electron chi connectivity index (χ0n) is 11.1. The van der Waals surface area contributed by atoms with Crippen LogP contribution in [-0.2, 0) is 10.0 Å². The third-order valence-electron chi connectivity index (χ3n) is 3.58. The zero-order valence-corrected chi connectivity index (χ0v) is 11.9. The number of hydrogen-bond acceptors (Lipinski definition) is 4. The Labute approximate surface area is 118 Å². The van der Waals surface area contributed by atoms with E-state index in [0.717, 1.165) is 25.0 Å². The Hall–Kier alpha value is -1.18. The maximum atomic E-state index is 13.8. The summed E-state index contributed by atoms with van der Waals surface area (Å²) in [6.45, 7) is 0.0327. The van der Waals surface area contributed by atoms with Crippen LogP contribution in [0.25, 0.3) is 0 Å². The lowest BCUT2D eigenvalue weighted by Crippen LogP contribution is -2.42. The van der Waals surface area contributed by atoms with Crippen LogP contribution >= 0.6 is 0 Å². The Morgan fingerprint density at radius 2 is 2.10 bits per heavy atom. The summed E-state index contributed by atoms with van der Waals surface area (Å²) in [6, 6.07) is 3.00. The van der Waals surface area contributed by atoms with Crippen molar-refractivity contribution in [3.63, 3.8) is 0 Å². The first kappa shape index (κ1) is 15.2. The van der Waals surface area contributed by atoms with Gasteiger partial charge in [-0.1, -0.05) is 12.8 Å². The number of nitrogens with zero attached hydrogens (tertiary/aromatic N) is 1. The van der Waals surface area contributed by atoms with E-state index in [2.05, 4.69) is 0 Å². The molecular formula is C13H19FN2O3S. The average molecular weight is 302 g/mol. The number of rotatable bonds is 3. The number of sulfonamides is 1. The van der Waals surface area contributed by atoms with Gasteiger partial charge in [-0.25, -0.2) is 12.8 Å². The predicted octanol–water partition coefficient (Wildman–Crippen LogP) is 1.33. The number of nitrogens with two attached hydrogens (primary N) is 1. The SMILES string of the molecule is Nc1ccc(F)c(S(=O)(=O)N2CCCCCC2CO)c1. The maximum Gasteiger partial charge on any atom is 0.246 e. The van der Waals surface area contributed by atoms with Crippen molar-refractivity contribution in [2.75, 3.05) is 18.9 Å². The van der Waals surface area contributed by atoms with Gasteiger partial charge in [0.1, 0.15) is 10.7 Å². The van der Waals surface area contributed by atoms with Gasteiger partial charge >= 0.3 is 0 Å². The Morgan fingerprint density at radius 3 is 2.80 bits per heavy atom. The summed E-state index contributed by atoms with van der Waals surface area (Å²) in [5.74, 6) is -0.819. The van der Waals surface area contributed by atoms with Gasteiger partial charge in [0.2, 0.25) is 10.0 Å². The highest BCUT2D eigenvalue weighted by Gasteiger charge is 2.33. The molecule has 1 unspecified atom stereocenters. The molecule has 0 spiro atoms. The summed E-state index contributed by atoms with van der Waals surface area (Å²) in [5.41, 5.74) is 5.75. The number of anilines is 1. The molecule has 0 amide bonds. The fourth-order valence-corrected chi connectivity index (χ4v) is 4.28. The van der Waals surface area contributed by atoms with Crippen LogP contribution < -0.4 is 5.73 Å². The molecule has 7 heteroatoms. The van der Waals surface area contributed by atoms with Gasteiger partial charge in [-0.15, -0.1) is 0 Å². The summed E-state index contributed by atoms with van der Waals surface area (Å²) in [4.78, 5) is -0.419. The van der Waals surface area contributed by atoms with Gasteiger partial charge in [-0.05, 0) is 31.0 Å². The van der Waals surface area contributed by atoms with Gasteiger partial charge < -0.3 is 10.8 Å². The van der Waals surface area contributed by atoms with Crippen molar-refractivity contribution in [3.05, 3.63) is 24.0 Å². The quantitative estimate of drug-likeness (QED) is 0.825. The molecule has 1 aliphatic rings. The third-order valence-corrected chi connectivity index (χ3v) is 5.54. The van der Waals surface area contributed by atoms with Gasteiger partial charge in [-0.2, -0.15) is 4.31 Å². The van der Waals surface area contributed by atoms with Gasteiger partial charge in [-0.3, -0.25) is 0 Å². The summed E-state index contributed by atoms with van der Waals surface area (Å²) < 4.78 is 40.2. The molecule has 0 saturated carbocycles. The first-order valence-corrected chi connectivity index (χ1v) is 8.08. The summed E-state index contributed by atoms with van der Waals surface area (Å²) in [6.07, 6.45) is 3.05. The minimum Gasteiger partial charge on any atom is -0.399 e. The number of halogens is 1. The maximum absolute atomic E-state index is 13.8. The molecule has 112 valence electrons. The van der Waals surface area contributed by atoms with Crippen molar-refractivity contribution in [2.24, 2.45) is 0 Å². The van der Waals surface area contributed by atoms with E-state index in [9.17, 15) is 17.9 Å². The predicted molar refractivity (Wildman–Crippen MR) is 74.0 cm³/mol. The number of nitrogen functional groups attached to an aromatic ring is 1. The molecule has 1 saturated heterocycles. The van der Waals surface area contributed by atoms with Crippen molar-refractivity contribution in [1.82, 2.24) is 4.31 Å². The van der Waals surface area contributed by atoms with Gasteiger partial charge in [0.25, 0.3) is 0 Å². The van der Waals surface area contributed by atoms with Crippen molar-refractivity contribution < 1.29 is 17.9 Å². The monoisotopic (exact) mass is 302 g/mol. The van der Waals surface area contributed by atoms with E-state index in [4.69, 9.17) is 5.73 Å². The van der Waals surface area contributed by atoms with Crippen LogP contribution in [0.1, 0.15) is 25.7 Å². The van der Waals surface area contributed by atoms with Gasteiger partial charge in [0.15, 0.2) is 0 Å². The summed E-state index contributed by atoms with van der Waals surface area (Å²) in [7, 11) is -3.98. The third kappa shape index (κ3) is 2.94. The lowest BCUT2D eigenvalue weighted by molar-refractivity contribution is 0.186. The standard InChI is InChI=1S/C13H19FN2O3S/c14-12-6-5-10(15)8-13(12)20(18,19)16-7-3-1-2-4-11(16)9-17/h5-6,8,11,17H,1-4,7,9,15H2. The fourth-order valence-electron chi connectivity index (χ4n) is 2.49. The second kappa shape index (κ2) is 6.07. The highest BCUT2D eigenvalue weighted by molar-refractivity contribution is 7.89. The van der Waals surface area contributed by atoms with Crippen LogP contribution in [0, 0.1) is 5.82 Å². The van der Waals surface area contributed by atoms with E-state index in [1.165, 1.54) is 10.4 Å². The molecular weight excluding hydrogens is 283 g/mol. The zero-order chi connectivity index (χ0) is 14.8. The van der Waals surface area contributed by atoms with Crippen molar-refractivity contribution in [2.45, 2.75) is 36.6 Å².